The molecule has 37 heavy (non-hydrogen) atoms. The standard InChI is InChI=1S/C20H18N4O.C10H19NO/c1-3-22-19(18-14(2)23-13-24-20(18)21)15-9-11-17(12-10-15)25-16-7-5-4-6-8-16;1-3-10(12)11-9-6-4-8(2)5-7-9/h3-13H,1H2,2H3,(H2,21,23,24);8-9H,3-7H2,1-2H3,(H,11,12). The second-order valence-corrected chi connectivity index (χ2v) is 9.20. The highest BCUT2D eigenvalue weighted by Gasteiger charge is 2.19. The number of aromatic nitrogens is 2. The Kier molecular flexibility index (Phi) is 10.4. The summed E-state index contributed by atoms with van der Waals surface area (Å²) in [6, 6.07) is 17.7. The number of nitrogens with zero attached hydrogens (tertiary/aromatic N) is 3. The minimum atomic E-state index is 0.203. The number of rotatable bonds is 7. The van der Waals surface area contributed by atoms with Crippen molar-refractivity contribution in [1.29, 1.82) is 0 Å². The molecule has 4 rings (SSSR count). The van der Waals surface area contributed by atoms with Crippen LogP contribution in [0.25, 0.3) is 0 Å². The number of benzene rings is 2. The summed E-state index contributed by atoms with van der Waals surface area (Å²) in [4.78, 5) is 23.7. The first-order chi connectivity index (χ1) is 17.9. The molecule has 7 heteroatoms. The van der Waals surface area contributed by atoms with E-state index in [4.69, 9.17) is 10.5 Å². The first kappa shape index (κ1) is 27.6. The number of amides is 1. The first-order valence-electron chi connectivity index (χ1n) is 12.8. The van der Waals surface area contributed by atoms with Crippen molar-refractivity contribution >= 4 is 17.4 Å². The van der Waals surface area contributed by atoms with Gasteiger partial charge in [-0.3, -0.25) is 9.79 Å². The number of ether oxygens (including phenoxy) is 1. The van der Waals surface area contributed by atoms with Crippen LogP contribution in [0.15, 0.2) is 78.7 Å². The molecule has 1 heterocycles. The lowest BCUT2D eigenvalue weighted by Crippen LogP contribution is -2.36. The van der Waals surface area contributed by atoms with Gasteiger partial charge in [-0.25, -0.2) is 9.97 Å². The normalized spacial score (nSPS) is 17.2. The Morgan fingerprint density at radius 1 is 1.08 bits per heavy atom. The SMILES string of the molecule is C=CN=C(c1ccc(Oc2ccccc2)cc1)c1c(C)ncnc1N.CCC(=O)NC1CCC(C)CC1. The molecule has 0 atom stereocenters. The number of carbonyl (C=O) groups is 1. The van der Waals surface area contributed by atoms with E-state index in [1.54, 1.807) is 0 Å². The highest BCUT2D eigenvalue weighted by molar-refractivity contribution is 6.16. The summed E-state index contributed by atoms with van der Waals surface area (Å²) in [5.74, 6) is 2.97. The van der Waals surface area contributed by atoms with Gasteiger partial charge in [-0.05, 0) is 74.9 Å². The Balaban J connectivity index is 0.000000266. The molecule has 0 radical (unpaired) electrons. The lowest BCUT2D eigenvalue weighted by molar-refractivity contribution is -0.121. The van der Waals surface area contributed by atoms with Crippen LogP contribution in [0.1, 0.15) is 62.8 Å². The number of aryl methyl sites for hydroxylation is 1. The maximum Gasteiger partial charge on any atom is 0.219 e. The minimum Gasteiger partial charge on any atom is -0.457 e. The molecule has 0 aliphatic heterocycles. The highest BCUT2D eigenvalue weighted by atomic mass is 16.5. The molecule has 1 aliphatic carbocycles. The predicted molar refractivity (Wildman–Crippen MR) is 150 cm³/mol. The van der Waals surface area contributed by atoms with Crippen molar-refractivity contribution in [3.05, 3.63) is 90.5 Å². The smallest absolute Gasteiger partial charge is 0.219 e. The summed E-state index contributed by atoms with van der Waals surface area (Å²) in [5, 5.41) is 3.05. The van der Waals surface area contributed by atoms with Crippen molar-refractivity contribution in [2.45, 2.75) is 58.9 Å². The summed E-state index contributed by atoms with van der Waals surface area (Å²) in [7, 11) is 0. The van der Waals surface area contributed by atoms with Crippen molar-refractivity contribution in [2.75, 3.05) is 5.73 Å². The van der Waals surface area contributed by atoms with E-state index in [9.17, 15) is 4.79 Å². The number of nitrogens with two attached hydrogens (primary N) is 1. The van der Waals surface area contributed by atoms with E-state index in [2.05, 4.69) is 33.8 Å². The number of anilines is 1. The summed E-state index contributed by atoms with van der Waals surface area (Å²) in [5.41, 5.74) is 9.06. The molecule has 7 nitrogen and oxygen atoms in total. The molecule has 0 unspecified atom stereocenters. The maximum absolute atomic E-state index is 11.1. The van der Waals surface area contributed by atoms with E-state index in [1.165, 1.54) is 38.2 Å². The lowest BCUT2D eigenvalue weighted by atomic mass is 9.87. The molecule has 0 spiro atoms. The zero-order chi connectivity index (χ0) is 26.6. The van der Waals surface area contributed by atoms with E-state index in [0.29, 0.717) is 29.6 Å². The molecular weight excluding hydrogens is 462 g/mol. The molecule has 194 valence electrons. The molecule has 0 saturated heterocycles. The summed E-state index contributed by atoms with van der Waals surface area (Å²) in [6.45, 7) is 9.76. The van der Waals surface area contributed by atoms with Gasteiger partial charge < -0.3 is 15.8 Å². The van der Waals surface area contributed by atoms with E-state index in [0.717, 1.165) is 28.7 Å². The Hall–Kier alpha value is -4.00. The van der Waals surface area contributed by atoms with Crippen LogP contribution in [0.3, 0.4) is 0 Å². The van der Waals surface area contributed by atoms with Gasteiger partial charge in [0.25, 0.3) is 0 Å². The Bertz CT molecular complexity index is 1160. The van der Waals surface area contributed by atoms with Gasteiger partial charge in [0.15, 0.2) is 0 Å². The second-order valence-electron chi connectivity index (χ2n) is 9.20. The largest absolute Gasteiger partial charge is 0.457 e. The molecule has 1 aliphatic rings. The van der Waals surface area contributed by atoms with Crippen molar-refractivity contribution < 1.29 is 9.53 Å². The maximum atomic E-state index is 11.1. The van der Waals surface area contributed by atoms with Gasteiger partial charge in [-0.15, -0.1) is 0 Å². The van der Waals surface area contributed by atoms with Crippen LogP contribution in [-0.4, -0.2) is 27.6 Å². The molecule has 0 bridgehead atoms. The topological polar surface area (TPSA) is 102 Å². The number of nitrogen functional groups attached to an aromatic ring is 1. The molecule has 2 aromatic carbocycles. The number of hydrogen-bond acceptors (Lipinski definition) is 6. The van der Waals surface area contributed by atoms with Crippen molar-refractivity contribution in [2.24, 2.45) is 10.9 Å². The number of carbonyl (C=O) groups excluding carboxylic acids is 1. The molecule has 1 saturated carbocycles. The third-order valence-electron chi connectivity index (χ3n) is 6.33. The van der Waals surface area contributed by atoms with Gasteiger partial charge in [0.2, 0.25) is 5.91 Å². The van der Waals surface area contributed by atoms with Gasteiger partial charge in [-0.2, -0.15) is 0 Å². The third kappa shape index (κ3) is 8.27. The van der Waals surface area contributed by atoms with Crippen molar-refractivity contribution in [3.8, 4) is 11.5 Å². The number of hydrogen-bond donors (Lipinski definition) is 2. The Morgan fingerprint density at radius 3 is 2.32 bits per heavy atom. The van der Waals surface area contributed by atoms with Gasteiger partial charge >= 0.3 is 0 Å². The number of nitrogens with one attached hydrogen (secondary N) is 1. The fraction of sp³-hybridized carbons (Fsp3) is 0.333. The number of para-hydroxylation sites is 1. The fourth-order valence-electron chi connectivity index (χ4n) is 4.20. The van der Waals surface area contributed by atoms with Crippen LogP contribution < -0.4 is 15.8 Å². The van der Waals surface area contributed by atoms with Crippen LogP contribution in [-0.2, 0) is 4.79 Å². The van der Waals surface area contributed by atoms with Crippen LogP contribution in [0.2, 0.25) is 0 Å². The van der Waals surface area contributed by atoms with Crippen LogP contribution >= 0.6 is 0 Å². The third-order valence-corrected chi connectivity index (χ3v) is 6.33. The van der Waals surface area contributed by atoms with Crippen LogP contribution in [0.4, 0.5) is 5.82 Å². The number of aliphatic imine (C=N–C) groups is 1. The first-order valence-corrected chi connectivity index (χ1v) is 12.8. The fourth-order valence-corrected chi connectivity index (χ4v) is 4.20. The quantitative estimate of drug-likeness (QED) is 0.375. The van der Waals surface area contributed by atoms with Gasteiger partial charge in [-0.1, -0.05) is 38.6 Å². The summed E-state index contributed by atoms with van der Waals surface area (Å²) < 4.78 is 5.82. The zero-order valence-corrected chi connectivity index (χ0v) is 22.0. The second kappa shape index (κ2) is 13.9. The molecular formula is C30H37N5O2. The van der Waals surface area contributed by atoms with E-state index in [1.807, 2.05) is 68.4 Å². The minimum absolute atomic E-state index is 0.203. The van der Waals surface area contributed by atoms with Crippen LogP contribution in [0.5, 0.6) is 11.5 Å². The van der Waals surface area contributed by atoms with E-state index < -0.39 is 0 Å². The lowest BCUT2D eigenvalue weighted by Gasteiger charge is -2.26. The Labute approximate surface area is 219 Å². The highest BCUT2D eigenvalue weighted by Crippen LogP contribution is 2.25. The summed E-state index contributed by atoms with van der Waals surface area (Å²) in [6.07, 6.45) is 8.43. The molecule has 1 fully saturated rings. The molecule has 1 amide bonds. The molecule has 3 aromatic rings. The Morgan fingerprint density at radius 2 is 1.73 bits per heavy atom. The molecule has 1 aromatic heterocycles. The predicted octanol–water partition coefficient (Wildman–Crippen LogP) is 6.23. The van der Waals surface area contributed by atoms with Gasteiger partial charge in [0, 0.05) is 24.2 Å². The monoisotopic (exact) mass is 499 g/mol. The van der Waals surface area contributed by atoms with Gasteiger partial charge in [0.1, 0.15) is 23.6 Å². The van der Waals surface area contributed by atoms with Gasteiger partial charge in [0.05, 0.1) is 17.0 Å². The van der Waals surface area contributed by atoms with Crippen molar-refractivity contribution in [1.82, 2.24) is 15.3 Å². The van der Waals surface area contributed by atoms with E-state index in [-0.39, 0.29) is 5.91 Å². The van der Waals surface area contributed by atoms with Crippen molar-refractivity contribution in [3.63, 3.8) is 0 Å². The van der Waals surface area contributed by atoms with E-state index >= 15 is 0 Å². The summed E-state index contributed by atoms with van der Waals surface area (Å²) >= 11 is 0. The van der Waals surface area contributed by atoms with Crippen LogP contribution in [0, 0.1) is 12.8 Å². The average molecular weight is 500 g/mol. The average Bonchev–Trinajstić information content (AvgIpc) is 2.91. The molecule has 3 N–H and O–H groups in total. The zero-order valence-electron chi connectivity index (χ0n) is 22.0.